The number of benzene rings is 1. The third kappa shape index (κ3) is 2.32. The minimum absolute atomic E-state index is 0.0431. The van der Waals surface area contributed by atoms with E-state index in [9.17, 15) is 24.3 Å². The summed E-state index contributed by atoms with van der Waals surface area (Å²) in [4.78, 5) is 48.7. The average molecular weight is 318 g/mol. The highest BCUT2D eigenvalue weighted by Gasteiger charge is 2.41. The molecular weight excluding hydrogens is 304 g/mol. The maximum absolute atomic E-state index is 12.7. The lowest BCUT2D eigenvalue weighted by Crippen LogP contribution is -2.52. The van der Waals surface area contributed by atoms with E-state index in [-0.39, 0.29) is 42.2 Å². The second-order valence-corrected chi connectivity index (χ2v) is 5.38. The summed E-state index contributed by atoms with van der Waals surface area (Å²) in [7, 11) is 1.32. The molecule has 0 aromatic heterocycles. The summed E-state index contributed by atoms with van der Waals surface area (Å²) in [5, 5.41) is 11.6. The topological polar surface area (TPSA) is 113 Å². The number of carbonyl (C=O) groups excluding carboxylic acids is 3. The number of amides is 3. The van der Waals surface area contributed by atoms with Crippen molar-refractivity contribution in [1.82, 2.24) is 10.2 Å². The number of ether oxygens (including phenoxy) is 1. The quantitative estimate of drug-likeness (QED) is 0.767. The van der Waals surface area contributed by atoms with Gasteiger partial charge < -0.3 is 14.7 Å². The van der Waals surface area contributed by atoms with E-state index in [4.69, 9.17) is 4.74 Å². The van der Waals surface area contributed by atoms with Crippen molar-refractivity contribution in [3.63, 3.8) is 0 Å². The van der Waals surface area contributed by atoms with Crippen LogP contribution in [0, 0.1) is 0 Å². The van der Waals surface area contributed by atoms with Crippen LogP contribution in [0.5, 0.6) is 5.75 Å². The van der Waals surface area contributed by atoms with E-state index in [0.717, 1.165) is 0 Å². The molecule has 2 aliphatic heterocycles. The Morgan fingerprint density at radius 3 is 2.70 bits per heavy atom. The molecule has 0 radical (unpaired) electrons. The molecule has 8 nitrogen and oxygen atoms in total. The van der Waals surface area contributed by atoms with Gasteiger partial charge in [-0.1, -0.05) is 6.07 Å². The Kier molecular flexibility index (Phi) is 3.51. The second kappa shape index (κ2) is 5.38. The Balaban J connectivity index is 2.00. The van der Waals surface area contributed by atoms with Gasteiger partial charge in [0.25, 0.3) is 5.91 Å². The number of fused-ring (bicyclic) bond motifs is 1. The number of hydrogen-bond acceptors (Lipinski definition) is 5. The van der Waals surface area contributed by atoms with Crippen LogP contribution in [-0.4, -0.2) is 46.8 Å². The van der Waals surface area contributed by atoms with Crippen LogP contribution >= 0.6 is 0 Å². The molecule has 0 bridgehead atoms. The van der Waals surface area contributed by atoms with Crippen molar-refractivity contribution in [1.29, 1.82) is 0 Å². The predicted molar refractivity (Wildman–Crippen MR) is 76.0 cm³/mol. The minimum Gasteiger partial charge on any atom is -0.496 e. The summed E-state index contributed by atoms with van der Waals surface area (Å²) in [6, 6.07) is 2.33. The summed E-state index contributed by atoms with van der Waals surface area (Å²) < 4.78 is 5.02. The van der Waals surface area contributed by atoms with Crippen LogP contribution in [0.25, 0.3) is 0 Å². The fourth-order valence-electron chi connectivity index (χ4n) is 3.02. The maximum atomic E-state index is 12.7. The van der Waals surface area contributed by atoms with Crippen LogP contribution < -0.4 is 10.1 Å². The third-order valence-corrected chi connectivity index (χ3v) is 4.09. The molecule has 0 aliphatic carbocycles. The number of rotatable bonds is 3. The van der Waals surface area contributed by atoms with Crippen molar-refractivity contribution in [3.8, 4) is 5.75 Å². The fraction of sp³-hybridized carbons (Fsp3) is 0.333. The highest BCUT2D eigenvalue weighted by Crippen LogP contribution is 2.34. The minimum atomic E-state index is -1.27. The number of nitrogens with zero attached hydrogens (tertiary/aromatic N) is 1. The zero-order valence-corrected chi connectivity index (χ0v) is 12.3. The molecule has 0 saturated carbocycles. The van der Waals surface area contributed by atoms with Gasteiger partial charge in [0.05, 0.1) is 12.7 Å². The largest absolute Gasteiger partial charge is 0.496 e. The molecule has 23 heavy (non-hydrogen) atoms. The summed E-state index contributed by atoms with van der Waals surface area (Å²) in [6.07, 6.45) is 0.371. The van der Waals surface area contributed by atoms with E-state index in [1.165, 1.54) is 18.1 Å². The molecule has 2 aliphatic rings. The molecule has 1 aromatic carbocycles. The molecule has 1 unspecified atom stereocenters. The number of methoxy groups -OCH3 is 1. The van der Waals surface area contributed by atoms with Crippen LogP contribution in [0.4, 0.5) is 0 Å². The third-order valence-electron chi connectivity index (χ3n) is 4.09. The number of carbonyl (C=O) groups is 4. The van der Waals surface area contributed by atoms with E-state index in [1.807, 2.05) is 0 Å². The number of hydrogen-bond donors (Lipinski definition) is 2. The lowest BCUT2D eigenvalue weighted by molar-refractivity contribution is -0.136. The molecule has 8 heteroatoms. The Bertz CT molecular complexity index is 742. The summed E-state index contributed by atoms with van der Waals surface area (Å²) in [6.45, 7) is 0.130. The Hall–Kier alpha value is -2.90. The summed E-state index contributed by atoms with van der Waals surface area (Å²) in [5.41, 5.74) is 0.365. The number of carboxylic acids is 1. The molecule has 3 rings (SSSR count). The first kappa shape index (κ1) is 15.0. The smallest absolute Gasteiger partial charge is 0.340 e. The van der Waals surface area contributed by atoms with Crippen molar-refractivity contribution in [2.75, 3.05) is 7.11 Å². The van der Waals surface area contributed by atoms with Crippen molar-refractivity contribution in [2.45, 2.75) is 25.4 Å². The first-order valence-electron chi connectivity index (χ1n) is 7.02. The Labute approximate surface area is 131 Å². The number of aromatic carboxylic acids is 1. The van der Waals surface area contributed by atoms with E-state index in [2.05, 4.69) is 5.32 Å². The second-order valence-electron chi connectivity index (χ2n) is 5.38. The zero-order chi connectivity index (χ0) is 16.7. The number of imide groups is 1. The van der Waals surface area contributed by atoms with Gasteiger partial charge in [-0.25, -0.2) is 4.79 Å². The van der Waals surface area contributed by atoms with Crippen molar-refractivity contribution in [3.05, 3.63) is 28.8 Å². The van der Waals surface area contributed by atoms with Gasteiger partial charge >= 0.3 is 5.97 Å². The number of piperidine rings is 1. The van der Waals surface area contributed by atoms with Gasteiger partial charge in [0, 0.05) is 13.0 Å². The van der Waals surface area contributed by atoms with Crippen molar-refractivity contribution >= 4 is 23.7 Å². The van der Waals surface area contributed by atoms with Crippen LogP contribution in [0.15, 0.2) is 12.1 Å². The Morgan fingerprint density at radius 2 is 2.09 bits per heavy atom. The van der Waals surface area contributed by atoms with Crippen LogP contribution in [-0.2, 0) is 16.1 Å². The number of nitrogens with one attached hydrogen (secondary N) is 1. The lowest BCUT2D eigenvalue weighted by atomic mass is 10.0. The van der Waals surface area contributed by atoms with Gasteiger partial charge in [-0.05, 0) is 18.1 Å². The molecule has 1 aromatic rings. The van der Waals surface area contributed by atoms with E-state index in [1.54, 1.807) is 6.07 Å². The first-order valence-corrected chi connectivity index (χ1v) is 7.02. The molecule has 2 N–H and O–H groups in total. The first-order chi connectivity index (χ1) is 10.9. The fourth-order valence-corrected chi connectivity index (χ4v) is 3.02. The monoisotopic (exact) mass is 318 g/mol. The predicted octanol–water partition coefficient (Wildman–Crippen LogP) is 0.154. The van der Waals surface area contributed by atoms with Crippen LogP contribution in [0.3, 0.4) is 0 Å². The normalized spacial score (nSPS) is 20.3. The van der Waals surface area contributed by atoms with Gasteiger partial charge in [-0.15, -0.1) is 0 Å². The van der Waals surface area contributed by atoms with Crippen molar-refractivity contribution in [2.24, 2.45) is 0 Å². The van der Waals surface area contributed by atoms with Crippen LogP contribution in [0.1, 0.15) is 39.1 Å². The van der Waals surface area contributed by atoms with Crippen molar-refractivity contribution < 1.29 is 29.0 Å². The van der Waals surface area contributed by atoms with Crippen LogP contribution in [0.2, 0.25) is 0 Å². The standard InChI is InChI=1S/C15H14N2O6/c1-23-9-4-2-7-6-17(8-3-5-10(18)16-13(8)19)14(20)11(7)12(9)15(21)22/h2,4,8H,3,5-6H2,1H3,(H,21,22)(H,16,18,19). The molecule has 1 atom stereocenters. The molecule has 0 spiro atoms. The van der Waals surface area contributed by atoms with Gasteiger partial charge in [0.2, 0.25) is 11.8 Å². The summed E-state index contributed by atoms with van der Waals surface area (Å²) in [5.74, 6) is -2.62. The Morgan fingerprint density at radius 1 is 1.35 bits per heavy atom. The molecule has 1 saturated heterocycles. The highest BCUT2D eigenvalue weighted by molar-refractivity contribution is 6.11. The summed E-state index contributed by atoms with van der Waals surface area (Å²) >= 11 is 0. The lowest BCUT2D eigenvalue weighted by Gasteiger charge is -2.29. The van der Waals surface area contributed by atoms with Gasteiger partial charge in [0.1, 0.15) is 17.4 Å². The van der Waals surface area contributed by atoms with E-state index in [0.29, 0.717) is 5.56 Å². The highest BCUT2D eigenvalue weighted by atomic mass is 16.5. The van der Waals surface area contributed by atoms with E-state index >= 15 is 0 Å². The van der Waals surface area contributed by atoms with E-state index < -0.39 is 23.8 Å². The van der Waals surface area contributed by atoms with Gasteiger partial charge in [0.15, 0.2) is 0 Å². The molecule has 2 heterocycles. The van der Waals surface area contributed by atoms with Gasteiger partial charge in [-0.3, -0.25) is 19.7 Å². The molecule has 1 fully saturated rings. The molecule has 120 valence electrons. The zero-order valence-electron chi connectivity index (χ0n) is 12.3. The average Bonchev–Trinajstić information content (AvgIpc) is 2.83. The molecule has 3 amide bonds. The molecular formula is C15H14N2O6. The number of carboxylic acid groups (broad SMARTS) is 1. The maximum Gasteiger partial charge on any atom is 0.340 e. The SMILES string of the molecule is COc1ccc2c(c1C(=O)O)C(=O)N(C1CCC(=O)NC1=O)C2. The van der Waals surface area contributed by atoms with Gasteiger partial charge in [-0.2, -0.15) is 0 Å².